The molecule has 4 aromatic heterocycles. The van der Waals surface area contributed by atoms with Gasteiger partial charge in [0.05, 0.1) is 5.58 Å². The molecule has 52 heavy (non-hydrogen) atoms. The van der Waals surface area contributed by atoms with Gasteiger partial charge < -0.3 is 14.1 Å². The first-order valence-electron chi connectivity index (χ1n) is 17.2. The summed E-state index contributed by atoms with van der Waals surface area (Å²) in [5.41, 5.74) is 6.60. The molecule has 0 atom stereocenters. The first-order valence-corrected chi connectivity index (χ1v) is 17.2. The summed E-state index contributed by atoms with van der Waals surface area (Å²) in [6.07, 6.45) is 3.57. The molecule has 0 N–H and O–H groups in total. The molecule has 9 rings (SSSR count). The number of pyridine rings is 2. The minimum absolute atomic E-state index is 0. The number of hydrogen-bond acceptors (Lipinski definition) is 7. The molecule has 8 aromatic rings. The number of furan rings is 1. The Bertz CT molecular complexity index is 2410. The van der Waals surface area contributed by atoms with E-state index in [-0.39, 0.29) is 38.7 Å². The third-order valence-electron chi connectivity index (χ3n) is 8.83. The molecule has 0 spiro atoms. The minimum atomic E-state index is -0.356. The summed E-state index contributed by atoms with van der Waals surface area (Å²) < 4.78 is 13.4. The summed E-state index contributed by atoms with van der Waals surface area (Å²) >= 11 is 0. The van der Waals surface area contributed by atoms with Crippen LogP contribution in [0.15, 0.2) is 126 Å². The Kier molecular flexibility index (Phi) is 10.1. The number of benzene rings is 4. The van der Waals surface area contributed by atoms with Crippen molar-refractivity contribution in [3.63, 3.8) is 0 Å². The molecule has 1 radical (unpaired) electrons. The molecule has 7 nitrogen and oxygen atoms in total. The van der Waals surface area contributed by atoms with Crippen LogP contribution < -0.4 is 21.6 Å². The molecule has 0 unspecified atom stereocenters. The van der Waals surface area contributed by atoms with Crippen LogP contribution in [-0.2, 0) is 20.1 Å². The second-order valence-electron chi connectivity index (χ2n) is 13.0. The maximum Gasteiger partial charge on any atom is 0.342 e. The molecule has 1 aliphatic rings. The third-order valence-corrected chi connectivity index (χ3v) is 8.83. The first-order chi connectivity index (χ1) is 25.0. The molecule has 5 heterocycles. The minimum Gasteiger partial charge on any atom is -0.501 e. The van der Waals surface area contributed by atoms with E-state index in [1.165, 1.54) is 0 Å². The average Bonchev–Trinajstić information content (AvgIpc) is 3.57. The standard InChI is InChI=1S/C32H26BN4O2.C11H8N.Ir/c1-18(2)30-35-31(19(3)4)37-32(36-30)33-23-13-7-8-15-25(23)38-28-26-21-12-6-5-11-20(21)17-22(27(26)39-29(28)33)24-14-9-10-16-34-24;1-2-6-10(7-3-1)11-8-4-5-9-12-11;/h5-16,18-19H,1-4H3;1-6,8-9H;/q2*-1;. The van der Waals surface area contributed by atoms with Gasteiger partial charge in [0.2, 0.25) is 0 Å². The van der Waals surface area contributed by atoms with Crippen molar-refractivity contribution in [2.24, 2.45) is 0 Å². The second-order valence-corrected chi connectivity index (χ2v) is 13.0. The monoisotopic (exact) mass is 856 g/mol. The molecule has 0 saturated heterocycles. The molecule has 0 aliphatic carbocycles. The van der Waals surface area contributed by atoms with Crippen LogP contribution in [0.4, 0.5) is 0 Å². The quantitative estimate of drug-likeness (QED) is 0.128. The Morgan fingerprint density at radius 1 is 0.673 bits per heavy atom. The zero-order chi connectivity index (χ0) is 34.9. The maximum atomic E-state index is 6.81. The summed E-state index contributed by atoms with van der Waals surface area (Å²) in [5.74, 6) is 3.32. The van der Waals surface area contributed by atoms with Gasteiger partial charge in [-0.2, -0.15) is 0 Å². The van der Waals surface area contributed by atoms with Crippen LogP contribution in [0.1, 0.15) is 51.2 Å². The van der Waals surface area contributed by atoms with Crippen LogP contribution in [0.25, 0.3) is 44.3 Å². The molecular weight excluding hydrogens is 822 g/mol. The smallest absolute Gasteiger partial charge is 0.342 e. The van der Waals surface area contributed by atoms with Crippen LogP contribution >= 0.6 is 0 Å². The van der Waals surface area contributed by atoms with E-state index in [2.05, 4.69) is 68.0 Å². The molecule has 0 fully saturated rings. The molecule has 0 saturated carbocycles. The maximum absolute atomic E-state index is 6.81. The fourth-order valence-corrected chi connectivity index (χ4v) is 6.31. The number of ether oxygens (including phenoxy) is 1. The summed E-state index contributed by atoms with van der Waals surface area (Å²) in [5, 5.41) is 2.89. The number of hydrogen-bond donors (Lipinski definition) is 0. The van der Waals surface area contributed by atoms with Crippen molar-refractivity contribution >= 4 is 45.3 Å². The second kappa shape index (κ2) is 15.0. The van der Waals surface area contributed by atoms with Crippen LogP contribution in [0, 0.1) is 12.1 Å². The van der Waals surface area contributed by atoms with Crippen LogP contribution in [0.3, 0.4) is 0 Å². The molecule has 9 heteroatoms. The summed E-state index contributed by atoms with van der Waals surface area (Å²) in [6.45, 7) is 8.07. The van der Waals surface area contributed by atoms with E-state index in [1.54, 1.807) is 12.4 Å². The van der Waals surface area contributed by atoms with Crippen molar-refractivity contribution in [2.75, 3.05) is 0 Å². The molecule has 4 aromatic carbocycles. The molecule has 0 amide bonds. The van der Waals surface area contributed by atoms with Crippen LogP contribution in [0.2, 0.25) is 0 Å². The van der Waals surface area contributed by atoms with E-state index >= 15 is 0 Å². The fourth-order valence-electron chi connectivity index (χ4n) is 6.31. The fraction of sp³-hybridized carbons (Fsp3) is 0.140. The van der Waals surface area contributed by atoms with Gasteiger partial charge in [0.25, 0.3) is 0 Å². The Morgan fingerprint density at radius 2 is 1.33 bits per heavy atom. The van der Waals surface area contributed by atoms with E-state index in [9.17, 15) is 0 Å². The topological polar surface area (TPSA) is 86.8 Å². The number of rotatable bonds is 5. The zero-order valence-corrected chi connectivity index (χ0v) is 31.6. The normalized spacial score (nSPS) is 11.8. The van der Waals surface area contributed by atoms with Crippen molar-refractivity contribution in [1.29, 1.82) is 0 Å². The largest absolute Gasteiger partial charge is 0.501 e. The molecule has 0 bridgehead atoms. The van der Waals surface area contributed by atoms with Crippen molar-refractivity contribution in [1.82, 2.24) is 24.9 Å². The van der Waals surface area contributed by atoms with Crippen molar-refractivity contribution < 1.29 is 29.3 Å². The van der Waals surface area contributed by atoms with Gasteiger partial charge >= 0.3 is 6.71 Å². The van der Waals surface area contributed by atoms with Gasteiger partial charge in [-0.1, -0.05) is 99.3 Å². The average molecular weight is 856 g/mol. The van der Waals surface area contributed by atoms with Gasteiger partial charge in [0, 0.05) is 55.4 Å². The van der Waals surface area contributed by atoms with E-state index in [4.69, 9.17) is 24.1 Å². The van der Waals surface area contributed by atoms with E-state index in [0.717, 1.165) is 61.5 Å². The zero-order valence-electron chi connectivity index (χ0n) is 29.2. The molecule has 257 valence electrons. The Morgan fingerprint density at radius 3 is 2.00 bits per heavy atom. The van der Waals surface area contributed by atoms with Gasteiger partial charge in [0.15, 0.2) is 5.75 Å². The predicted molar refractivity (Wildman–Crippen MR) is 203 cm³/mol. The Hall–Kier alpha value is -5.50. The van der Waals surface area contributed by atoms with Crippen LogP contribution in [0.5, 0.6) is 11.5 Å². The first kappa shape index (κ1) is 34.9. The van der Waals surface area contributed by atoms with Gasteiger partial charge in [-0.25, -0.2) is 15.0 Å². The number of para-hydroxylation sites is 1. The Balaban J connectivity index is 0.000000275. The Labute approximate surface area is 317 Å². The van der Waals surface area contributed by atoms with E-state index < -0.39 is 0 Å². The van der Waals surface area contributed by atoms with Crippen molar-refractivity contribution in [2.45, 2.75) is 39.5 Å². The van der Waals surface area contributed by atoms with Gasteiger partial charge in [0.1, 0.15) is 28.8 Å². The van der Waals surface area contributed by atoms with E-state index in [1.807, 2.05) is 91.0 Å². The summed E-state index contributed by atoms with van der Waals surface area (Å²) in [4.78, 5) is 23.6. The molecular formula is C43H34BIrN5O2-2. The number of nitrogens with zero attached hydrogens (tertiary/aromatic N) is 5. The van der Waals surface area contributed by atoms with Gasteiger partial charge in [-0.15, -0.1) is 53.4 Å². The summed E-state index contributed by atoms with van der Waals surface area (Å²) in [7, 11) is 0. The number of fused-ring (bicyclic) bond motifs is 6. The molecule has 1 aliphatic heterocycles. The third kappa shape index (κ3) is 6.65. The van der Waals surface area contributed by atoms with Crippen LogP contribution in [-0.4, -0.2) is 31.6 Å². The van der Waals surface area contributed by atoms with E-state index in [0.29, 0.717) is 22.7 Å². The van der Waals surface area contributed by atoms with Gasteiger partial charge in [-0.3, -0.25) is 4.98 Å². The SMILES string of the molecule is CC(C)c1nc(B2c3ccccc3Oc3c2oc2c(-c4ccccn4)[c-]c4ccccc4c32)nc(C(C)C)n1.[Ir].[c-]1ccccc1-c1ccccn1. The van der Waals surface area contributed by atoms with Gasteiger partial charge in [-0.05, 0) is 29.4 Å². The summed E-state index contributed by atoms with van der Waals surface area (Å²) in [6, 6.07) is 42.5. The van der Waals surface area contributed by atoms with Crippen molar-refractivity contribution in [3.8, 4) is 34.0 Å². The predicted octanol–water partition coefficient (Wildman–Crippen LogP) is 8.05. The van der Waals surface area contributed by atoms with Crippen molar-refractivity contribution in [3.05, 3.63) is 145 Å². The number of aromatic nitrogens is 5.